The van der Waals surface area contributed by atoms with Crippen molar-refractivity contribution in [2.45, 2.75) is 4.21 Å². The predicted octanol–water partition coefficient (Wildman–Crippen LogP) is 5.67. The van der Waals surface area contributed by atoms with Crippen molar-refractivity contribution in [2.75, 3.05) is 11.8 Å². The largest absolute Gasteiger partial charge is 0.504 e. The molecular formula is C22H17FN3O5PS2. The Balaban J connectivity index is 1.30. The summed E-state index contributed by atoms with van der Waals surface area (Å²) in [6, 6.07) is 17.5. The second-order valence-corrected chi connectivity index (χ2v) is 10.2. The number of rotatable bonds is 9. The maximum Gasteiger partial charge on any atom is 0.243 e. The lowest BCUT2D eigenvalue weighted by atomic mass is 10.2. The molecule has 4 aromatic rings. The third-order valence-corrected chi connectivity index (χ3v) is 7.48. The maximum absolute atomic E-state index is 13.6. The van der Waals surface area contributed by atoms with Crippen LogP contribution in [0.2, 0.25) is 0 Å². The predicted molar refractivity (Wildman–Crippen MR) is 131 cm³/mol. The van der Waals surface area contributed by atoms with Crippen LogP contribution in [0.3, 0.4) is 0 Å². The summed E-state index contributed by atoms with van der Waals surface area (Å²) in [7, 11) is -1.88. The molecule has 0 spiro atoms. The molecule has 1 atom stereocenters. The van der Waals surface area contributed by atoms with Crippen LogP contribution in [-0.2, 0) is 0 Å². The number of phenolic OH excluding ortho intramolecular Hbond substituents is 2. The number of nitrogens with zero attached hydrogens (tertiary/aromatic N) is 1. The molecule has 0 fully saturated rings. The smallest absolute Gasteiger partial charge is 0.243 e. The Morgan fingerprint density at radius 3 is 2.76 bits per heavy atom. The van der Waals surface area contributed by atoms with Gasteiger partial charge in [-0.2, -0.15) is 5.26 Å². The van der Waals surface area contributed by atoms with Crippen LogP contribution in [0.1, 0.15) is 5.56 Å². The van der Waals surface area contributed by atoms with E-state index in [1.54, 1.807) is 23.5 Å². The average molecular weight is 518 g/mol. The highest BCUT2D eigenvalue weighted by atomic mass is 32.2. The van der Waals surface area contributed by atoms with Crippen molar-refractivity contribution in [2.24, 2.45) is 0 Å². The summed E-state index contributed by atoms with van der Waals surface area (Å²) in [4.78, 5) is 15.5. The SMILES string of the molecule is N#Cc1ccc(OP(O)CNSc2cc3cc(NOc4cccc(O)c4O)ccc3s2)cc1F. The molecule has 0 aliphatic carbocycles. The van der Waals surface area contributed by atoms with Gasteiger partial charge < -0.3 is 24.5 Å². The van der Waals surface area contributed by atoms with Gasteiger partial charge in [0.05, 0.1) is 21.7 Å². The number of halogens is 1. The van der Waals surface area contributed by atoms with Crippen molar-refractivity contribution < 1.29 is 28.9 Å². The number of anilines is 1. The zero-order valence-electron chi connectivity index (χ0n) is 17.2. The Morgan fingerprint density at radius 1 is 1.12 bits per heavy atom. The van der Waals surface area contributed by atoms with E-state index < -0.39 is 14.2 Å². The highest BCUT2D eigenvalue weighted by Crippen LogP contribution is 2.37. The van der Waals surface area contributed by atoms with Gasteiger partial charge in [-0.15, -0.1) is 11.3 Å². The van der Waals surface area contributed by atoms with E-state index in [1.165, 1.54) is 36.2 Å². The third-order valence-electron chi connectivity index (χ3n) is 4.39. The number of fused-ring (bicyclic) bond motifs is 1. The van der Waals surface area contributed by atoms with Gasteiger partial charge in [-0.25, -0.2) is 14.6 Å². The molecule has 5 N–H and O–H groups in total. The number of benzene rings is 3. The molecule has 0 bridgehead atoms. The van der Waals surface area contributed by atoms with Crippen LogP contribution in [-0.4, -0.2) is 21.4 Å². The quantitative estimate of drug-likeness (QED) is 0.0826. The molecule has 12 heteroatoms. The van der Waals surface area contributed by atoms with Gasteiger partial charge in [-0.05, 0) is 65.9 Å². The Labute approximate surface area is 203 Å². The summed E-state index contributed by atoms with van der Waals surface area (Å²) in [5, 5.41) is 29.1. The summed E-state index contributed by atoms with van der Waals surface area (Å²) in [5.41, 5.74) is 3.31. The van der Waals surface area contributed by atoms with Gasteiger partial charge in [0.15, 0.2) is 5.75 Å². The summed E-state index contributed by atoms with van der Waals surface area (Å²) < 4.78 is 24.0. The molecule has 0 amide bonds. The zero-order valence-corrected chi connectivity index (χ0v) is 19.8. The number of aromatic hydroxyl groups is 2. The van der Waals surface area contributed by atoms with Crippen LogP contribution in [0, 0.1) is 17.1 Å². The summed E-state index contributed by atoms with van der Waals surface area (Å²) in [5.74, 6) is -1.08. The number of hydrogen-bond acceptors (Lipinski definition) is 10. The lowest BCUT2D eigenvalue weighted by molar-refractivity contribution is 0.347. The van der Waals surface area contributed by atoms with Gasteiger partial charge in [0, 0.05) is 10.8 Å². The molecule has 0 radical (unpaired) electrons. The normalized spacial score (nSPS) is 11.7. The molecule has 0 aliphatic heterocycles. The van der Waals surface area contributed by atoms with E-state index in [9.17, 15) is 19.5 Å². The van der Waals surface area contributed by atoms with E-state index in [2.05, 4.69) is 10.2 Å². The second-order valence-electron chi connectivity index (χ2n) is 6.75. The molecule has 0 aliphatic rings. The number of para-hydroxylation sites is 1. The van der Waals surface area contributed by atoms with Crippen LogP contribution >= 0.6 is 31.7 Å². The lowest BCUT2D eigenvalue weighted by Gasteiger charge is -2.12. The fraction of sp³-hybridized carbons (Fsp3) is 0.0455. The topological polar surface area (TPSA) is 127 Å². The highest BCUT2D eigenvalue weighted by molar-refractivity contribution is 7.99. The molecule has 1 unspecified atom stereocenters. The third kappa shape index (κ3) is 5.80. The maximum atomic E-state index is 13.6. The van der Waals surface area contributed by atoms with Gasteiger partial charge in [0.2, 0.25) is 19.9 Å². The first-order valence-corrected chi connectivity index (χ1v) is 12.7. The van der Waals surface area contributed by atoms with E-state index in [0.717, 1.165) is 20.4 Å². The van der Waals surface area contributed by atoms with E-state index in [-0.39, 0.29) is 34.8 Å². The van der Waals surface area contributed by atoms with Crippen molar-refractivity contribution in [3.63, 3.8) is 0 Å². The number of thiophene rings is 1. The molecule has 8 nitrogen and oxygen atoms in total. The van der Waals surface area contributed by atoms with Crippen LogP contribution < -0.4 is 19.6 Å². The Kier molecular flexibility index (Phi) is 7.57. The molecule has 4 rings (SSSR count). The van der Waals surface area contributed by atoms with E-state index in [1.807, 2.05) is 24.3 Å². The molecule has 3 aromatic carbocycles. The van der Waals surface area contributed by atoms with Crippen LogP contribution in [0.4, 0.5) is 10.1 Å². The summed E-state index contributed by atoms with van der Waals surface area (Å²) in [6.45, 7) is 0. The molecule has 0 saturated heterocycles. The fourth-order valence-electron chi connectivity index (χ4n) is 2.80. The molecular weight excluding hydrogens is 500 g/mol. The van der Waals surface area contributed by atoms with Crippen molar-refractivity contribution in [1.29, 1.82) is 5.26 Å². The second kappa shape index (κ2) is 10.8. The van der Waals surface area contributed by atoms with Gasteiger partial charge in [0.25, 0.3) is 0 Å². The monoisotopic (exact) mass is 517 g/mol. The van der Waals surface area contributed by atoms with Crippen molar-refractivity contribution in [1.82, 2.24) is 4.72 Å². The fourth-order valence-corrected chi connectivity index (χ4v) is 5.63. The Morgan fingerprint density at radius 2 is 1.97 bits per heavy atom. The lowest BCUT2D eigenvalue weighted by Crippen LogP contribution is -2.06. The molecule has 1 aromatic heterocycles. The Hall–Kier alpha value is -3.26. The van der Waals surface area contributed by atoms with Crippen molar-refractivity contribution in [3.05, 3.63) is 72.0 Å². The minimum Gasteiger partial charge on any atom is -0.504 e. The standard InChI is InChI=1S/C22H17FN3O5PS2/c23-17-10-16(6-4-13(17)11-24)31-32(29)12-25-34-21-9-14-8-15(5-7-20(14)33-21)26-30-19-3-1-2-18(27)22(19)28/h1-10,25-29H,12H2. The van der Waals surface area contributed by atoms with E-state index >= 15 is 0 Å². The van der Waals surface area contributed by atoms with Gasteiger partial charge >= 0.3 is 0 Å². The molecule has 0 saturated carbocycles. The van der Waals surface area contributed by atoms with E-state index in [4.69, 9.17) is 14.6 Å². The van der Waals surface area contributed by atoms with Gasteiger partial charge in [-0.3, -0.25) is 0 Å². The number of nitrogens with one attached hydrogen (secondary N) is 2. The zero-order chi connectivity index (χ0) is 24.1. The summed E-state index contributed by atoms with van der Waals surface area (Å²) in [6.07, 6.45) is 0.143. The first kappa shape index (κ1) is 23.9. The number of phenols is 2. The number of nitriles is 1. The highest BCUT2D eigenvalue weighted by Gasteiger charge is 2.12. The molecule has 174 valence electrons. The molecule has 34 heavy (non-hydrogen) atoms. The first-order valence-electron chi connectivity index (χ1n) is 9.64. The van der Waals surface area contributed by atoms with E-state index in [0.29, 0.717) is 5.69 Å². The number of hydrogen-bond donors (Lipinski definition) is 5. The summed E-state index contributed by atoms with van der Waals surface area (Å²) >= 11 is 2.88. The van der Waals surface area contributed by atoms with Crippen LogP contribution in [0.25, 0.3) is 10.1 Å². The van der Waals surface area contributed by atoms with Crippen LogP contribution in [0.15, 0.2) is 64.9 Å². The average Bonchev–Trinajstić information content (AvgIpc) is 3.22. The van der Waals surface area contributed by atoms with Crippen molar-refractivity contribution in [3.8, 4) is 29.1 Å². The van der Waals surface area contributed by atoms with Crippen LogP contribution in [0.5, 0.6) is 23.0 Å². The minimum absolute atomic E-state index is 0.0875. The first-order chi connectivity index (χ1) is 16.4. The molecule has 1 heterocycles. The van der Waals surface area contributed by atoms with Gasteiger partial charge in [0.1, 0.15) is 17.6 Å². The van der Waals surface area contributed by atoms with Gasteiger partial charge in [-0.1, -0.05) is 6.07 Å². The Bertz CT molecular complexity index is 1360. The minimum atomic E-state index is -1.88. The van der Waals surface area contributed by atoms with Crippen molar-refractivity contribution >= 4 is 47.4 Å².